The summed E-state index contributed by atoms with van der Waals surface area (Å²) in [5.74, 6) is -0.322. The molecule has 2 atom stereocenters. The molecule has 1 N–H and O–H groups in total. The first-order valence-corrected chi connectivity index (χ1v) is 5.29. The van der Waals surface area contributed by atoms with E-state index in [1.165, 1.54) is 18.7 Å². The second-order valence-corrected chi connectivity index (χ2v) is 4.04. The largest absolute Gasteiger partial charge is 0.382 e. The van der Waals surface area contributed by atoms with Gasteiger partial charge in [0.25, 0.3) is 0 Å². The van der Waals surface area contributed by atoms with Crippen molar-refractivity contribution < 1.29 is 9.90 Å². The van der Waals surface area contributed by atoms with Gasteiger partial charge in [0.05, 0.1) is 12.4 Å². The van der Waals surface area contributed by atoms with E-state index in [2.05, 4.69) is 15.0 Å². The van der Waals surface area contributed by atoms with Gasteiger partial charge in [-0.05, 0) is 6.08 Å². The molecule has 3 rings (SSSR count). The number of carbonyl (C=O) groups excluding carboxylic acids is 1. The fraction of sp³-hybridized carbons (Fsp3) is 0.200. The molecule has 0 spiro atoms. The van der Waals surface area contributed by atoms with Crippen molar-refractivity contribution in [1.82, 2.24) is 19.5 Å². The molecule has 0 unspecified atom stereocenters. The lowest BCUT2D eigenvalue weighted by atomic mass is 10.2. The van der Waals surface area contributed by atoms with Crippen LogP contribution in [0.2, 0.25) is 5.15 Å². The lowest BCUT2D eigenvalue weighted by molar-refractivity contribution is -0.122. The second-order valence-electron chi connectivity index (χ2n) is 3.69. The minimum absolute atomic E-state index is 0.247. The molecule has 2 heterocycles. The number of aliphatic hydroxyl groups is 1. The van der Waals surface area contributed by atoms with Crippen molar-refractivity contribution in [3.63, 3.8) is 0 Å². The molecular weight excluding hydrogens is 244 g/mol. The summed E-state index contributed by atoms with van der Waals surface area (Å²) in [6.07, 6.45) is 4.67. The van der Waals surface area contributed by atoms with Crippen LogP contribution in [0.15, 0.2) is 24.8 Å². The first kappa shape index (κ1) is 10.4. The van der Waals surface area contributed by atoms with Crippen LogP contribution < -0.4 is 0 Å². The van der Waals surface area contributed by atoms with Crippen LogP contribution in [0.5, 0.6) is 0 Å². The molecule has 2 aromatic heterocycles. The highest BCUT2D eigenvalue weighted by Crippen LogP contribution is 2.26. The zero-order valence-corrected chi connectivity index (χ0v) is 9.24. The Kier molecular flexibility index (Phi) is 2.20. The summed E-state index contributed by atoms with van der Waals surface area (Å²) in [5, 5.41) is 9.97. The van der Waals surface area contributed by atoms with E-state index in [0.717, 1.165) is 0 Å². The summed E-state index contributed by atoms with van der Waals surface area (Å²) < 4.78 is 1.61. The number of hydrogen-bond acceptors (Lipinski definition) is 5. The number of rotatable bonds is 1. The van der Waals surface area contributed by atoms with Gasteiger partial charge < -0.3 is 9.67 Å². The number of hydrogen-bond donors (Lipinski definition) is 1. The number of carbonyl (C=O) groups is 1. The maximum atomic E-state index is 11.3. The first-order chi connectivity index (χ1) is 8.18. The fourth-order valence-corrected chi connectivity index (χ4v) is 2.03. The third kappa shape index (κ3) is 1.45. The zero-order chi connectivity index (χ0) is 12.0. The lowest BCUT2D eigenvalue weighted by Crippen LogP contribution is -2.24. The predicted molar refractivity (Wildman–Crippen MR) is 59.5 cm³/mol. The Bertz CT molecular complexity index is 636. The number of fused-ring (bicyclic) bond motifs is 1. The summed E-state index contributed by atoms with van der Waals surface area (Å²) in [4.78, 5) is 23.2. The summed E-state index contributed by atoms with van der Waals surface area (Å²) in [6.45, 7) is 0. The molecule has 0 aliphatic heterocycles. The van der Waals surface area contributed by atoms with Gasteiger partial charge >= 0.3 is 0 Å². The molecule has 2 aromatic rings. The zero-order valence-electron chi connectivity index (χ0n) is 8.49. The Morgan fingerprint density at radius 3 is 2.88 bits per heavy atom. The highest BCUT2D eigenvalue weighted by molar-refractivity contribution is 6.33. The van der Waals surface area contributed by atoms with Gasteiger partial charge in [-0.3, -0.25) is 4.79 Å². The number of imidazole rings is 1. The van der Waals surface area contributed by atoms with Crippen LogP contribution >= 0.6 is 11.6 Å². The van der Waals surface area contributed by atoms with Gasteiger partial charge in [-0.2, -0.15) is 0 Å². The van der Waals surface area contributed by atoms with Gasteiger partial charge in [-0.25, -0.2) is 15.0 Å². The standard InChI is InChI=1S/C10H7ClN4O2/c11-9-7-10(13-3-12-9)15(4-14-7)5-1-2-6(16)8(5)17/h1-5,8,17H/t5-,8+/m1/s1. The van der Waals surface area contributed by atoms with E-state index in [1.54, 1.807) is 10.6 Å². The molecule has 86 valence electrons. The maximum absolute atomic E-state index is 11.3. The lowest BCUT2D eigenvalue weighted by Gasteiger charge is -2.14. The molecule has 17 heavy (non-hydrogen) atoms. The van der Waals surface area contributed by atoms with E-state index in [9.17, 15) is 9.90 Å². The second kappa shape index (κ2) is 3.61. The molecule has 7 heteroatoms. The Labute approximate surface area is 101 Å². The van der Waals surface area contributed by atoms with Crippen LogP contribution in [0.25, 0.3) is 11.2 Å². The van der Waals surface area contributed by atoms with Crippen molar-refractivity contribution in [2.45, 2.75) is 12.1 Å². The van der Waals surface area contributed by atoms with E-state index in [0.29, 0.717) is 11.2 Å². The molecule has 1 aliphatic rings. The molecule has 0 saturated heterocycles. The Morgan fingerprint density at radius 2 is 2.18 bits per heavy atom. The minimum Gasteiger partial charge on any atom is -0.382 e. The smallest absolute Gasteiger partial charge is 0.186 e. The molecular formula is C10H7ClN4O2. The highest BCUT2D eigenvalue weighted by atomic mass is 35.5. The van der Waals surface area contributed by atoms with E-state index in [-0.39, 0.29) is 10.9 Å². The van der Waals surface area contributed by atoms with Gasteiger partial charge in [0.15, 0.2) is 16.6 Å². The quantitative estimate of drug-likeness (QED) is 0.747. The number of aliphatic hydroxyl groups excluding tert-OH is 1. The molecule has 6 nitrogen and oxygen atoms in total. The van der Waals surface area contributed by atoms with Gasteiger partial charge in [-0.1, -0.05) is 17.7 Å². The number of halogens is 1. The van der Waals surface area contributed by atoms with Crippen LogP contribution in [0.4, 0.5) is 0 Å². The Morgan fingerprint density at radius 1 is 1.35 bits per heavy atom. The van der Waals surface area contributed by atoms with Crippen molar-refractivity contribution in [3.8, 4) is 0 Å². The van der Waals surface area contributed by atoms with Gasteiger partial charge in [-0.15, -0.1) is 0 Å². The summed E-state index contributed by atoms with van der Waals surface area (Å²) in [7, 11) is 0. The number of ketones is 1. The fourth-order valence-electron chi connectivity index (χ4n) is 1.85. The monoisotopic (exact) mass is 250 g/mol. The van der Waals surface area contributed by atoms with E-state index in [4.69, 9.17) is 11.6 Å². The minimum atomic E-state index is -1.10. The average molecular weight is 251 g/mol. The summed E-state index contributed by atoms with van der Waals surface area (Å²) in [5.41, 5.74) is 0.947. The highest BCUT2D eigenvalue weighted by Gasteiger charge is 2.30. The Hall–Kier alpha value is -1.79. The normalized spacial score (nSPS) is 23.8. The summed E-state index contributed by atoms with van der Waals surface area (Å²) in [6, 6.07) is -0.488. The molecule has 0 amide bonds. The molecule has 0 bridgehead atoms. The molecule has 0 fully saturated rings. The molecule has 0 radical (unpaired) electrons. The van der Waals surface area contributed by atoms with Crippen molar-refractivity contribution in [3.05, 3.63) is 30.0 Å². The Balaban J connectivity index is 2.16. The van der Waals surface area contributed by atoms with Gasteiger partial charge in [0.1, 0.15) is 17.9 Å². The third-order valence-electron chi connectivity index (χ3n) is 2.71. The van der Waals surface area contributed by atoms with Gasteiger partial charge in [0.2, 0.25) is 0 Å². The molecule has 0 aromatic carbocycles. The summed E-state index contributed by atoms with van der Waals surface area (Å²) >= 11 is 5.87. The van der Waals surface area contributed by atoms with Crippen LogP contribution in [-0.4, -0.2) is 36.5 Å². The maximum Gasteiger partial charge on any atom is 0.186 e. The first-order valence-electron chi connectivity index (χ1n) is 4.91. The van der Waals surface area contributed by atoms with Crippen LogP contribution in [-0.2, 0) is 4.79 Å². The average Bonchev–Trinajstić information content (AvgIpc) is 2.86. The van der Waals surface area contributed by atoms with E-state index >= 15 is 0 Å². The topological polar surface area (TPSA) is 80.9 Å². The number of aromatic nitrogens is 4. The van der Waals surface area contributed by atoms with Crippen LogP contribution in [0.3, 0.4) is 0 Å². The van der Waals surface area contributed by atoms with E-state index < -0.39 is 12.1 Å². The molecule has 1 aliphatic carbocycles. The molecule has 0 saturated carbocycles. The van der Waals surface area contributed by atoms with Crippen molar-refractivity contribution in [1.29, 1.82) is 0 Å². The van der Waals surface area contributed by atoms with Crippen LogP contribution in [0, 0.1) is 0 Å². The van der Waals surface area contributed by atoms with Crippen LogP contribution in [0.1, 0.15) is 6.04 Å². The van der Waals surface area contributed by atoms with Gasteiger partial charge in [0, 0.05) is 0 Å². The van der Waals surface area contributed by atoms with Crippen molar-refractivity contribution in [2.75, 3.05) is 0 Å². The number of nitrogens with zero attached hydrogens (tertiary/aromatic N) is 4. The van der Waals surface area contributed by atoms with Crippen molar-refractivity contribution >= 4 is 28.5 Å². The predicted octanol–water partition coefficient (Wildman–Crippen LogP) is 0.521. The third-order valence-corrected chi connectivity index (χ3v) is 2.98. The SMILES string of the molecule is O=C1C=C[C@@H](n2cnc3c(Cl)ncnc32)[C@@H]1O. The van der Waals surface area contributed by atoms with Crippen molar-refractivity contribution in [2.24, 2.45) is 0 Å². The van der Waals surface area contributed by atoms with E-state index in [1.807, 2.05) is 0 Å².